The normalized spacial score (nSPS) is 10.5. The second-order valence-electron chi connectivity index (χ2n) is 4.18. The molecule has 5 heteroatoms. The van der Waals surface area contributed by atoms with E-state index in [1.807, 2.05) is 0 Å². The van der Waals surface area contributed by atoms with Crippen molar-refractivity contribution >= 4 is 6.08 Å². The molecule has 0 unspecified atom stereocenters. The van der Waals surface area contributed by atoms with Crippen LogP contribution >= 0.6 is 0 Å². The Hall–Kier alpha value is -2.00. The summed E-state index contributed by atoms with van der Waals surface area (Å²) in [4.78, 5) is 14.2. The molecular weight excluding hydrogens is 234 g/mol. The number of benzene rings is 1. The van der Waals surface area contributed by atoms with Crippen LogP contribution in [0.25, 0.3) is 0 Å². The standard InChI is InChI=1S/C13H17NO4/c1-13(2,14-8-15)9-6-10(16-3)12(18-5)11(7-9)17-4/h6-7H,1-5H3. The Morgan fingerprint density at radius 1 is 1.06 bits per heavy atom. The lowest BCUT2D eigenvalue weighted by molar-refractivity contribution is 0.322. The van der Waals surface area contributed by atoms with Gasteiger partial charge in [-0.2, -0.15) is 4.99 Å². The number of ether oxygens (including phenoxy) is 3. The highest BCUT2D eigenvalue weighted by atomic mass is 16.5. The van der Waals surface area contributed by atoms with Crippen LogP contribution in [-0.2, 0) is 10.3 Å². The van der Waals surface area contributed by atoms with E-state index < -0.39 is 5.54 Å². The lowest BCUT2D eigenvalue weighted by Crippen LogP contribution is -2.14. The molecule has 98 valence electrons. The van der Waals surface area contributed by atoms with Crippen LogP contribution in [0.2, 0.25) is 0 Å². The molecule has 0 bridgehead atoms. The number of carbonyl (C=O) groups excluding carboxylic acids is 1. The Balaban J connectivity index is 3.44. The van der Waals surface area contributed by atoms with Gasteiger partial charge in [-0.1, -0.05) is 0 Å². The van der Waals surface area contributed by atoms with Crippen molar-refractivity contribution in [1.82, 2.24) is 0 Å². The van der Waals surface area contributed by atoms with Crippen molar-refractivity contribution in [2.24, 2.45) is 4.99 Å². The summed E-state index contributed by atoms with van der Waals surface area (Å²) in [5.41, 5.74) is 0.0783. The number of aliphatic imine (C=N–C) groups is 1. The van der Waals surface area contributed by atoms with Crippen molar-refractivity contribution in [2.75, 3.05) is 21.3 Å². The summed E-state index contributed by atoms with van der Waals surface area (Å²) in [5.74, 6) is 1.57. The fraction of sp³-hybridized carbons (Fsp3) is 0.462. The van der Waals surface area contributed by atoms with Gasteiger partial charge < -0.3 is 14.2 Å². The molecule has 0 aliphatic heterocycles. The van der Waals surface area contributed by atoms with Gasteiger partial charge in [-0.25, -0.2) is 4.79 Å². The summed E-state index contributed by atoms with van der Waals surface area (Å²) in [6.45, 7) is 3.61. The highest BCUT2D eigenvalue weighted by Gasteiger charge is 2.24. The third-order valence-corrected chi connectivity index (χ3v) is 2.70. The molecule has 0 aliphatic rings. The second-order valence-corrected chi connectivity index (χ2v) is 4.18. The Kier molecular flexibility index (Phi) is 4.34. The molecule has 0 N–H and O–H groups in total. The highest BCUT2D eigenvalue weighted by molar-refractivity contribution is 5.55. The zero-order chi connectivity index (χ0) is 13.8. The maximum Gasteiger partial charge on any atom is 0.235 e. The molecule has 0 heterocycles. The Morgan fingerprint density at radius 2 is 1.56 bits per heavy atom. The summed E-state index contributed by atoms with van der Waals surface area (Å²) < 4.78 is 15.7. The number of hydrogen-bond donors (Lipinski definition) is 0. The summed E-state index contributed by atoms with van der Waals surface area (Å²) in [6.07, 6.45) is 1.57. The summed E-state index contributed by atoms with van der Waals surface area (Å²) in [6, 6.07) is 3.53. The molecule has 0 atom stereocenters. The third kappa shape index (κ3) is 2.63. The average molecular weight is 251 g/mol. The predicted molar refractivity (Wildman–Crippen MR) is 67.2 cm³/mol. The number of hydrogen-bond acceptors (Lipinski definition) is 5. The quantitative estimate of drug-likeness (QED) is 0.595. The monoisotopic (exact) mass is 251 g/mol. The van der Waals surface area contributed by atoms with Gasteiger partial charge >= 0.3 is 0 Å². The number of methoxy groups -OCH3 is 3. The first-order valence-corrected chi connectivity index (χ1v) is 5.39. The molecule has 1 rings (SSSR count). The molecule has 1 aromatic rings. The van der Waals surface area contributed by atoms with Gasteiger partial charge in [-0.15, -0.1) is 0 Å². The van der Waals surface area contributed by atoms with E-state index in [-0.39, 0.29) is 0 Å². The SMILES string of the molecule is COc1cc(C(C)(C)N=C=O)cc(OC)c1OC. The van der Waals surface area contributed by atoms with E-state index in [4.69, 9.17) is 14.2 Å². The lowest BCUT2D eigenvalue weighted by atomic mass is 9.94. The van der Waals surface area contributed by atoms with Crippen LogP contribution < -0.4 is 14.2 Å². The molecule has 1 aromatic carbocycles. The Labute approximate surface area is 106 Å². The molecule has 0 aliphatic carbocycles. The Morgan fingerprint density at radius 3 is 1.89 bits per heavy atom. The third-order valence-electron chi connectivity index (χ3n) is 2.70. The van der Waals surface area contributed by atoms with Gasteiger partial charge in [0.2, 0.25) is 11.8 Å². The minimum Gasteiger partial charge on any atom is -0.493 e. The molecule has 0 saturated carbocycles. The smallest absolute Gasteiger partial charge is 0.235 e. The molecule has 0 fully saturated rings. The van der Waals surface area contributed by atoms with Gasteiger partial charge in [0.05, 0.1) is 26.9 Å². The van der Waals surface area contributed by atoms with Crippen LogP contribution in [0.3, 0.4) is 0 Å². The summed E-state index contributed by atoms with van der Waals surface area (Å²) in [7, 11) is 4.61. The zero-order valence-electron chi connectivity index (χ0n) is 11.2. The van der Waals surface area contributed by atoms with E-state index in [0.29, 0.717) is 17.2 Å². The van der Waals surface area contributed by atoms with Gasteiger partial charge in [0, 0.05) is 0 Å². The maximum absolute atomic E-state index is 10.4. The van der Waals surface area contributed by atoms with Crippen molar-refractivity contribution < 1.29 is 19.0 Å². The van der Waals surface area contributed by atoms with Crippen LogP contribution in [0, 0.1) is 0 Å². The fourth-order valence-corrected chi connectivity index (χ4v) is 1.61. The number of isocyanates is 1. The van der Waals surface area contributed by atoms with E-state index in [0.717, 1.165) is 5.56 Å². The van der Waals surface area contributed by atoms with Crippen LogP contribution in [0.1, 0.15) is 19.4 Å². The van der Waals surface area contributed by atoms with Gasteiger partial charge in [0.25, 0.3) is 0 Å². The van der Waals surface area contributed by atoms with E-state index in [1.54, 1.807) is 32.1 Å². The van der Waals surface area contributed by atoms with Gasteiger partial charge in [0.15, 0.2) is 11.5 Å². The van der Waals surface area contributed by atoms with Crippen LogP contribution in [0.15, 0.2) is 17.1 Å². The minimum atomic E-state index is -0.700. The molecule has 0 radical (unpaired) electrons. The lowest BCUT2D eigenvalue weighted by Gasteiger charge is -2.21. The summed E-state index contributed by atoms with van der Waals surface area (Å²) >= 11 is 0. The number of rotatable bonds is 5. The van der Waals surface area contributed by atoms with Crippen LogP contribution in [0.5, 0.6) is 17.2 Å². The van der Waals surface area contributed by atoms with Crippen LogP contribution in [0.4, 0.5) is 0 Å². The Bertz CT molecular complexity index is 451. The van der Waals surface area contributed by atoms with Crippen molar-refractivity contribution in [3.8, 4) is 17.2 Å². The first-order chi connectivity index (χ1) is 8.50. The highest BCUT2D eigenvalue weighted by Crippen LogP contribution is 2.41. The molecule has 5 nitrogen and oxygen atoms in total. The molecular formula is C13H17NO4. The molecule has 0 amide bonds. The van der Waals surface area contributed by atoms with Gasteiger partial charge in [-0.3, -0.25) is 0 Å². The molecule has 0 saturated heterocycles. The maximum atomic E-state index is 10.4. The van der Waals surface area contributed by atoms with E-state index in [2.05, 4.69) is 4.99 Å². The second kappa shape index (κ2) is 5.56. The summed E-state index contributed by atoms with van der Waals surface area (Å²) in [5, 5.41) is 0. The van der Waals surface area contributed by atoms with Crippen molar-refractivity contribution in [2.45, 2.75) is 19.4 Å². The molecule has 0 aromatic heterocycles. The molecule has 0 spiro atoms. The average Bonchev–Trinajstić information content (AvgIpc) is 2.36. The first-order valence-electron chi connectivity index (χ1n) is 5.39. The minimum absolute atomic E-state index is 0.509. The first kappa shape index (κ1) is 14.1. The van der Waals surface area contributed by atoms with Crippen LogP contribution in [-0.4, -0.2) is 27.4 Å². The largest absolute Gasteiger partial charge is 0.493 e. The van der Waals surface area contributed by atoms with E-state index in [1.165, 1.54) is 21.3 Å². The van der Waals surface area contributed by atoms with Crippen molar-refractivity contribution in [3.63, 3.8) is 0 Å². The van der Waals surface area contributed by atoms with E-state index >= 15 is 0 Å². The van der Waals surface area contributed by atoms with Crippen molar-refractivity contribution in [1.29, 1.82) is 0 Å². The fourth-order valence-electron chi connectivity index (χ4n) is 1.61. The van der Waals surface area contributed by atoms with Crippen molar-refractivity contribution in [3.05, 3.63) is 17.7 Å². The molecule has 18 heavy (non-hydrogen) atoms. The van der Waals surface area contributed by atoms with Gasteiger partial charge in [0.1, 0.15) is 0 Å². The predicted octanol–water partition coefficient (Wildman–Crippen LogP) is 2.28. The topological polar surface area (TPSA) is 57.1 Å². The number of nitrogens with zero attached hydrogens (tertiary/aromatic N) is 1. The van der Waals surface area contributed by atoms with E-state index in [9.17, 15) is 4.79 Å². The van der Waals surface area contributed by atoms with Gasteiger partial charge in [-0.05, 0) is 31.5 Å². The zero-order valence-corrected chi connectivity index (χ0v) is 11.2.